The second-order valence-electron chi connectivity index (χ2n) is 9.19. The van der Waals surface area contributed by atoms with Crippen LogP contribution in [0.3, 0.4) is 0 Å². The molecule has 0 amide bonds. The van der Waals surface area contributed by atoms with Crippen molar-refractivity contribution in [1.29, 1.82) is 0 Å². The molecule has 4 atom stereocenters. The molecule has 7 nitrogen and oxygen atoms in total. The summed E-state index contributed by atoms with van der Waals surface area (Å²) in [6.07, 6.45) is 11.6. The largest absolute Gasteiger partial charge is 0.462 e. The van der Waals surface area contributed by atoms with Gasteiger partial charge in [-0.2, -0.15) is 0 Å². The molecule has 0 aromatic heterocycles. The van der Waals surface area contributed by atoms with Gasteiger partial charge in [0.15, 0.2) is 6.29 Å². The first kappa shape index (κ1) is 29.3. The van der Waals surface area contributed by atoms with Crippen molar-refractivity contribution in [2.75, 3.05) is 40.5 Å². The van der Waals surface area contributed by atoms with Crippen LogP contribution in [-0.4, -0.2) is 81.0 Å². The molecule has 1 heterocycles. The van der Waals surface area contributed by atoms with Crippen LogP contribution in [-0.2, 0) is 23.7 Å². The van der Waals surface area contributed by atoms with Crippen LogP contribution in [0.15, 0.2) is 0 Å². The van der Waals surface area contributed by atoms with E-state index in [0.29, 0.717) is 13.2 Å². The van der Waals surface area contributed by atoms with Gasteiger partial charge in [-0.3, -0.25) is 9.69 Å². The van der Waals surface area contributed by atoms with E-state index >= 15 is 0 Å². The minimum Gasteiger partial charge on any atom is -0.462 e. The van der Waals surface area contributed by atoms with Gasteiger partial charge in [0.25, 0.3) is 0 Å². The van der Waals surface area contributed by atoms with Crippen molar-refractivity contribution in [3.8, 4) is 0 Å². The summed E-state index contributed by atoms with van der Waals surface area (Å²) in [5.41, 5.74) is 0. The number of unbranched alkanes of at least 4 members (excludes halogenated alkanes) is 10. The summed E-state index contributed by atoms with van der Waals surface area (Å²) in [4.78, 5) is 13.7. The molecular weight excluding hydrogens is 410 g/mol. The van der Waals surface area contributed by atoms with E-state index in [1.54, 1.807) is 4.90 Å². The highest BCUT2D eigenvalue weighted by Gasteiger charge is 2.46. The Balaban J connectivity index is 2.48. The van der Waals surface area contributed by atoms with E-state index < -0.39 is 24.6 Å². The molecule has 0 aliphatic carbocycles. The number of aliphatic hydroxyl groups is 1. The minimum absolute atomic E-state index is 0.0573. The van der Waals surface area contributed by atoms with Gasteiger partial charge in [-0.1, -0.05) is 78.1 Å². The number of aliphatic hydroxyl groups excluding tert-OH is 1. The molecule has 0 spiro atoms. The molecule has 0 bridgehead atoms. The van der Waals surface area contributed by atoms with Gasteiger partial charge in [0, 0.05) is 13.2 Å². The highest BCUT2D eigenvalue weighted by molar-refractivity contribution is 5.71. The molecule has 1 aliphatic rings. The lowest BCUT2D eigenvalue weighted by Gasteiger charge is -2.24. The fourth-order valence-electron chi connectivity index (χ4n) is 3.90. The van der Waals surface area contributed by atoms with Crippen molar-refractivity contribution in [3.05, 3.63) is 0 Å². The smallest absolute Gasteiger partial charge is 0.320 e. The van der Waals surface area contributed by atoms with Crippen molar-refractivity contribution in [3.63, 3.8) is 0 Å². The average molecular weight is 460 g/mol. The first-order valence-electron chi connectivity index (χ1n) is 12.9. The van der Waals surface area contributed by atoms with Gasteiger partial charge in [-0.25, -0.2) is 0 Å². The summed E-state index contributed by atoms with van der Waals surface area (Å²) < 4.78 is 23.2. The molecule has 1 saturated heterocycles. The number of hydrogen-bond acceptors (Lipinski definition) is 7. The number of esters is 1. The summed E-state index contributed by atoms with van der Waals surface area (Å²) >= 11 is 0. The summed E-state index contributed by atoms with van der Waals surface area (Å²) in [5, 5.41) is 10.4. The highest BCUT2D eigenvalue weighted by Crippen LogP contribution is 2.26. The van der Waals surface area contributed by atoms with Gasteiger partial charge in [-0.05, 0) is 26.9 Å². The Morgan fingerprint density at radius 1 is 0.812 bits per heavy atom. The molecule has 0 radical (unpaired) electrons. The summed E-state index contributed by atoms with van der Waals surface area (Å²) in [5.74, 6) is -0.320. The molecule has 1 aliphatic heterocycles. The Bertz CT molecular complexity index is 462. The van der Waals surface area contributed by atoms with Crippen LogP contribution in [0.5, 0.6) is 0 Å². The summed E-state index contributed by atoms with van der Waals surface area (Å²) in [6.45, 7) is 5.85. The SMILES string of the molecule is CCCCCCCCOC1[C@@H](COC(=O)CN(C)C)O[C@@H](O)[C@H]1OCCCCCCCC. The molecule has 1 rings (SSSR count). The number of likely N-dealkylation sites (N-methyl/N-ethyl adjacent to an activating group) is 1. The van der Waals surface area contributed by atoms with Crippen LogP contribution < -0.4 is 0 Å². The molecule has 1 N–H and O–H groups in total. The standard InChI is InChI=1S/C25H49NO6/c1-5-7-9-11-13-15-17-29-23-21(20-31-22(27)19-26(3)4)32-25(28)24(23)30-18-16-14-12-10-8-6-2/h21,23-25,28H,5-20H2,1-4H3/t21-,23?,24+,25-/m1/s1. The van der Waals surface area contributed by atoms with Crippen LogP contribution in [0.1, 0.15) is 90.9 Å². The molecule has 1 fully saturated rings. The first-order valence-corrected chi connectivity index (χ1v) is 12.9. The van der Waals surface area contributed by atoms with Gasteiger partial charge in [-0.15, -0.1) is 0 Å². The zero-order valence-corrected chi connectivity index (χ0v) is 21.1. The third kappa shape index (κ3) is 13.1. The maximum Gasteiger partial charge on any atom is 0.320 e. The zero-order chi connectivity index (χ0) is 23.6. The fraction of sp³-hybridized carbons (Fsp3) is 0.960. The van der Waals surface area contributed by atoms with E-state index in [1.165, 1.54) is 51.4 Å². The predicted octanol–water partition coefficient (Wildman–Crippen LogP) is 4.30. The Morgan fingerprint density at radius 2 is 1.31 bits per heavy atom. The molecule has 0 aromatic rings. The predicted molar refractivity (Wildman–Crippen MR) is 127 cm³/mol. The number of ether oxygens (including phenoxy) is 4. The van der Waals surface area contributed by atoms with Crippen LogP contribution >= 0.6 is 0 Å². The number of carbonyl (C=O) groups is 1. The van der Waals surface area contributed by atoms with E-state index in [-0.39, 0.29) is 19.1 Å². The van der Waals surface area contributed by atoms with Crippen molar-refractivity contribution in [2.45, 2.75) is 115 Å². The van der Waals surface area contributed by atoms with Gasteiger partial charge >= 0.3 is 5.97 Å². The average Bonchev–Trinajstić information content (AvgIpc) is 3.05. The van der Waals surface area contributed by atoms with E-state index in [1.807, 2.05) is 14.1 Å². The van der Waals surface area contributed by atoms with Crippen molar-refractivity contribution in [2.24, 2.45) is 0 Å². The normalized spacial score (nSPS) is 23.2. The molecular formula is C25H49NO6. The van der Waals surface area contributed by atoms with Crippen molar-refractivity contribution >= 4 is 5.97 Å². The highest BCUT2D eigenvalue weighted by atomic mass is 16.7. The lowest BCUT2D eigenvalue weighted by Crippen LogP contribution is -2.40. The maximum absolute atomic E-state index is 11.9. The quantitative estimate of drug-likeness (QED) is 0.215. The number of nitrogens with zero attached hydrogens (tertiary/aromatic N) is 1. The second kappa shape index (κ2) is 18.7. The third-order valence-corrected chi connectivity index (χ3v) is 5.76. The Hall–Kier alpha value is -0.730. The van der Waals surface area contributed by atoms with Gasteiger partial charge < -0.3 is 24.1 Å². The molecule has 1 unspecified atom stereocenters. The van der Waals surface area contributed by atoms with Crippen LogP contribution in [0.4, 0.5) is 0 Å². The van der Waals surface area contributed by atoms with E-state index in [2.05, 4.69) is 13.8 Å². The fourth-order valence-corrected chi connectivity index (χ4v) is 3.90. The van der Waals surface area contributed by atoms with Gasteiger partial charge in [0.05, 0.1) is 6.54 Å². The van der Waals surface area contributed by atoms with E-state index in [9.17, 15) is 9.90 Å². The third-order valence-electron chi connectivity index (χ3n) is 5.76. The Labute approximate surface area is 196 Å². The maximum atomic E-state index is 11.9. The van der Waals surface area contributed by atoms with Crippen LogP contribution in [0, 0.1) is 0 Å². The first-order chi connectivity index (χ1) is 15.5. The number of rotatable bonds is 20. The number of carbonyl (C=O) groups excluding carboxylic acids is 1. The van der Waals surface area contributed by atoms with Crippen LogP contribution in [0.25, 0.3) is 0 Å². The molecule has 190 valence electrons. The summed E-state index contributed by atoms with van der Waals surface area (Å²) in [7, 11) is 3.63. The molecule has 32 heavy (non-hydrogen) atoms. The van der Waals surface area contributed by atoms with Gasteiger partial charge in [0.1, 0.15) is 24.9 Å². The van der Waals surface area contributed by atoms with Crippen molar-refractivity contribution < 1.29 is 28.8 Å². The number of hydrogen-bond donors (Lipinski definition) is 1. The van der Waals surface area contributed by atoms with E-state index in [0.717, 1.165) is 25.7 Å². The van der Waals surface area contributed by atoms with Gasteiger partial charge in [0.2, 0.25) is 0 Å². The lowest BCUT2D eigenvalue weighted by atomic mass is 10.1. The monoisotopic (exact) mass is 459 g/mol. The summed E-state index contributed by atoms with van der Waals surface area (Å²) in [6, 6.07) is 0. The minimum atomic E-state index is -1.07. The topological polar surface area (TPSA) is 77.5 Å². The lowest BCUT2D eigenvalue weighted by molar-refractivity contribution is -0.161. The van der Waals surface area contributed by atoms with E-state index in [4.69, 9.17) is 18.9 Å². The Kier molecular flexibility index (Phi) is 17.1. The molecule has 7 heteroatoms. The second-order valence-corrected chi connectivity index (χ2v) is 9.19. The molecule has 0 saturated carbocycles. The zero-order valence-electron chi connectivity index (χ0n) is 21.1. The van der Waals surface area contributed by atoms with Crippen LogP contribution in [0.2, 0.25) is 0 Å². The Morgan fingerprint density at radius 3 is 1.84 bits per heavy atom. The molecule has 0 aromatic carbocycles. The van der Waals surface area contributed by atoms with Crippen molar-refractivity contribution in [1.82, 2.24) is 4.90 Å².